The number of rotatable bonds is 5. The second-order valence-corrected chi connectivity index (χ2v) is 6.60. The monoisotopic (exact) mass is 342 g/mol. The average Bonchev–Trinajstić information content (AvgIpc) is 2.95. The molecule has 0 aliphatic rings. The van der Waals surface area contributed by atoms with Crippen LogP contribution in [0.5, 0.6) is 0 Å². The highest BCUT2D eigenvalue weighted by atomic mass is 79.9. The van der Waals surface area contributed by atoms with Crippen molar-refractivity contribution in [2.24, 2.45) is 0 Å². The molecule has 2 aromatic heterocycles. The van der Waals surface area contributed by atoms with Gasteiger partial charge >= 0.3 is 0 Å². The van der Waals surface area contributed by atoms with Gasteiger partial charge in [0.05, 0.1) is 10.3 Å². The van der Waals surface area contributed by atoms with Gasteiger partial charge < -0.3 is 10.6 Å². The Morgan fingerprint density at radius 2 is 2.32 bits per heavy atom. The van der Waals surface area contributed by atoms with E-state index in [4.69, 9.17) is 5.73 Å². The number of amides is 1. The number of likely N-dealkylation sites (N-methyl/N-ethyl adjacent to an activating group) is 1. The minimum Gasteiger partial charge on any atom is -0.382 e. The van der Waals surface area contributed by atoms with Crippen LogP contribution in [0.1, 0.15) is 11.8 Å². The van der Waals surface area contributed by atoms with Crippen molar-refractivity contribution in [1.29, 1.82) is 0 Å². The van der Waals surface area contributed by atoms with E-state index in [-0.39, 0.29) is 12.5 Å². The summed E-state index contributed by atoms with van der Waals surface area (Å²) in [6.07, 6.45) is 1.71. The van der Waals surface area contributed by atoms with Gasteiger partial charge in [-0.1, -0.05) is 0 Å². The molecule has 0 aliphatic heterocycles. The Bertz CT molecular complexity index is 566. The smallest absolute Gasteiger partial charge is 0.244 e. The fraction of sp³-hybridized carbons (Fsp3) is 0.333. The molecule has 5 nitrogen and oxygen atoms in total. The topological polar surface area (TPSA) is 64.2 Å². The van der Waals surface area contributed by atoms with Crippen molar-refractivity contribution in [3.63, 3.8) is 0 Å². The number of nitrogens with zero attached hydrogens (tertiary/aromatic N) is 3. The lowest BCUT2D eigenvalue weighted by atomic mass is 10.4. The maximum absolute atomic E-state index is 12.2. The fourth-order valence-electron chi connectivity index (χ4n) is 1.71. The number of halogens is 1. The first-order chi connectivity index (χ1) is 9.08. The van der Waals surface area contributed by atoms with Gasteiger partial charge in [0.25, 0.3) is 0 Å². The van der Waals surface area contributed by atoms with Crippen molar-refractivity contribution in [3.8, 4) is 0 Å². The highest BCUT2D eigenvalue weighted by molar-refractivity contribution is 9.11. The summed E-state index contributed by atoms with van der Waals surface area (Å²) >= 11 is 5.06. The second kappa shape index (κ2) is 6.21. The molecule has 0 saturated heterocycles. The van der Waals surface area contributed by atoms with Crippen LogP contribution < -0.4 is 5.73 Å². The third-order valence-corrected chi connectivity index (χ3v) is 4.28. The SMILES string of the molecule is CCN(Cc1ccc(Br)s1)C(=O)Cn1ccc(N)n1. The van der Waals surface area contributed by atoms with Crippen molar-refractivity contribution in [2.75, 3.05) is 12.3 Å². The molecule has 7 heteroatoms. The summed E-state index contributed by atoms with van der Waals surface area (Å²) in [6.45, 7) is 3.49. The predicted octanol–water partition coefficient (Wildman–Crippen LogP) is 2.34. The second-order valence-electron chi connectivity index (χ2n) is 4.05. The maximum atomic E-state index is 12.2. The molecule has 0 atom stereocenters. The highest BCUT2D eigenvalue weighted by Crippen LogP contribution is 2.23. The molecule has 0 unspecified atom stereocenters. The van der Waals surface area contributed by atoms with Crippen LogP contribution in [-0.2, 0) is 17.9 Å². The lowest BCUT2D eigenvalue weighted by Crippen LogP contribution is -2.33. The van der Waals surface area contributed by atoms with Gasteiger partial charge in [-0.05, 0) is 41.1 Å². The summed E-state index contributed by atoms with van der Waals surface area (Å²) < 4.78 is 2.64. The minimum atomic E-state index is 0.0372. The van der Waals surface area contributed by atoms with Gasteiger partial charge in [-0.25, -0.2) is 0 Å². The van der Waals surface area contributed by atoms with Gasteiger partial charge in [0, 0.05) is 17.6 Å². The Morgan fingerprint density at radius 1 is 1.53 bits per heavy atom. The number of nitrogens with two attached hydrogens (primary N) is 1. The number of aromatic nitrogens is 2. The number of hydrogen-bond acceptors (Lipinski definition) is 4. The van der Waals surface area contributed by atoms with Crippen LogP contribution in [0.2, 0.25) is 0 Å². The van der Waals surface area contributed by atoms with Crippen molar-refractivity contribution in [3.05, 3.63) is 33.1 Å². The quantitative estimate of drug-likeness (QED) is 0.906. The summed E-state index contributed by atoms with van der Waals surface area (Å²) in [5.41, 5.74) is 5.53. The van der Waals surface area contributed by atoms with E-state index in [1.165, 1.54) is 0 Å². The molecule has 0 aliphatic carbocycles. The van der Waals surface area contributed by atoms with E-state index >= 15 is 0 Å². The van der Waals surface area contributed by atoms with Crippen molar-refractivity contribution < 1.29 is 4.79 Å². The number of thiophene rings is 1. The average molecular weight is 343 g/mol. The van der Waals surface area contributed by atoms with Gasteiger partial charge in [0.2, 0.25) is 5.91 Å². The number of carbonyl (C=O) groups is 1. The van der Waals surface area contributed by atoms with E-state index in [0.29, 0.717) is 18.9 Å². The van der Waals surface area contributed by atoms with Gasteiger partial charge in [-0.2, -0.15) is 5.10 Å². The number of carbonyl (C=O) groups excluding carboxylic acids is 1. The molecule has 0 spiro atoms. The van der Waals surface area contributed by atoms with E-state index in [1.54, 1.807) is 33.2 Å². The standard InChI is InChI=1S/C12H15BrN4OS/c1-2-16(7-9-3-4-10(13)19-9)12(18)8-17-6-5-11(14)15-17/h3-6H,2,7-8H2,1H3,(H2,14,15). The first-order valence-electron chi connectivity index (χ1n) is 5.89. The van der Waals surface area contributed by atoms with Crippen LogP contribution in [0.3, 0.4) is 0 Å². The summed E-state index contributed by atoms with van der Waals surface area (Å²) in [6, 6.07) is 5.70. The lowest BCUT2D eigenvalue weighted by molar-refractivity contribution is -0.132. The lowest BCUT2D eigenvalue weighted by Gasteiger charge is -2.20. The van der Waals surface area contributed by atoms with Crippen LogP contribution >= 0.6 is 27.3 Å². The van der Waals surface area contributed by atoms with Crippen molar-refractivity contribution >= 4 is 39.0 Å². The Morgan fingerprint density at radius 3 is 2.84 bits per heavy atom. The molecule has 2 N–H and O–H groups in total. The number of hydrogen-bond donors (Lipinski definition) is 1. The van der Waals surface area contributed by atoms with Crippen molar-refractivity contribution in [2.45, 2.75) is 20.0 Å². The zero-order valence-corrected chi connectivity index (χ0v) is 12.9. The van der Waals surface area contributed by atoms with Crippen LogP contribution in [0.15, 0.2) is 28.2 Å². The Hall–Kier alpha value is -1.34. The van der Waals surface area contributed by atoms with E-state index in [0.717, 1.165) is 8.66 Å². The number of anilines is 1. The maximum Gasteiger partial charge on any atom is 0.244 e. The Labute approximate surface area is 124 Å². The Kier molecular flexibility index (Phi) is 4.60. The first kappa shape index (κ1) is 14.1. The first-order valence-corrected chi connectivity index (χ1v) is 7.50. The molecule has 0 aromatic carbocycles. The van der Waals surface area contributed by atoms with Crippen LogP contribution in [0.25, 0.3) is 0 Å². The van der Waals surface area contributed by atoms with Crippen LogP contribution in [0.4, 0.5) is 5.82 Å². The summed E-state index contributed by atoms with van der Waals surface area (Å²) in [5.74, 6) is 0.466. The highest BCUT2D eigenvalue weighted by Gasteiger charge is 2.14. The third-order valence-electron chi connectivity index (χ3n) is 2.67. The molecule has 19 heavy (non-hydrogen) atoms. The molecule has 2 aromatic rings. The number of nitrogen functional groups attached to an aromatic ring is 1. The molecule has 0 saturated carbocycles. The van der Waals surface area contributed by atoms with E-state index in [9.17, 15) is 4.79 Å². The zero-order valence-electron chi connectivity index (χ0n) is 10.5. The van der Waals surface area contributed by atoms with E-state index in [1.807, 2.05) is 19.1 Å². The van der Waals surface area contributed by atoms with Gasteiger partial charge in [-0.15, -0.1) is 11.3 Å². The summed E-state index contributed by atoms with van der Waals surface area (Å²) in [5, 5.41) is 4.02. The minimum absolute atomic E-state index is 0.0372. The Balaban J connectivity index is 1.98. The van der Waals surface area contributed by atoms with Gasteiger partial charge in [-0.3, -0.25) is 9.48 Å². The van der Waals surface area contributed by atoms with E-state index in [2.05, 4.69) is 21.0 Å². The normalized spacial score (nSPS) is 10.6. The molecular formula is C12H15BrN4OS. The molecule has 2 rings (SSSR count). The van der Waals surface area contributed by atoms with Crippen LogP contribution in [-0.4, -0.2) is 27.1 Å². The van der Waals surface area contributed by atoms with Crippen LogP contribution in [0, 0.1) is 0 Å². The van der Waals surface area contributed by atoms with Gasteiger partial charge in [0.1, 0.15) is 12.4 Å². The van der Waals surface area contributed by atoms with E-state index < -0.39 is 0 Å². The largest absolute Gasteiger partial charge is 0.382 e. The molecule has 0 bridgehead atoms. The molecular weight excluding hydrogens is 328 g/mol. The summed E-state index contributed by atoms with van der Waals surface area (Å²) in [4.78, 5) is 15.1. The molecule has 0 radical (unpaired) electrons. The van der Waals surface area contributed by atoms with Gasteiger partial charge in [0.15, 0.2) is 0 Å². The molecule has 102 valence electrons. The molecule has 2 heterocycles. The molecule has 0 fully saturated rings. The molecule has 1 amide bonds. The zero-order chi connectivity index (χ0) is 13.8. The third kappa shape index (κ3) is 3.81. The fourth-order valence-corrected chi connectivity index (χ4v) is 3.20. The summed E-state index contributed by atoms with van der Waals surface area (Å²) in [7, 11) is 0. The predicted molar refractivity (Wildman–Crippen MR) is 79.7 cm³/mol. The van der Waals surface area contributed by atoms with Crippen molar-refractivity contribution in [1.82, 2.24) is 14.7 Å².